The molecule has 2 saturated heterocycles. The van der Waals surface area contributed by atoms with Crippen LogP contribution in [0.25, 0.3) is 10.2 Å². The molecular formula is C23H22N4OS. The average Bonchev–Trinajstić information content (AvgIpc) is 3.34. The number of hydrogen-bond donors (Lipinski definition) is 0. The first-order chi connectivity index (χ1) is 14.1. The molecule has 1 aromatic heterocycles. The molecule has 5 rings (SSSR count). The van der Waals surface area contributed by atoms with E-state index in [0.29, 0.717) is 12.0 Å². The van der Waals surface area contributed by atoms with Gasteiger partial charge < -0.3 is 4.90 Å². The number of thiazole rings is 1. The SMILES string of the molecule is N#Cc1ccc(N2CC3(CCN(Cc4ccc5scnc5c4)CC3)CC2=O)cc1. The van der Waals surface area contributed by atoms with E-state index in [1.165, 1.54) is 10.3 Å². The molecule has 2 aromatic carbocycles. The smallest absolute Gasteiger partial charge is 0.227 e. The van der Waals surface area contributed by atoms with Gasteiger partial charge in [-0.25, -0.2) is 4.98 Å². The van der Waals surface area contributed by atoms with Gasteiger partial charge in [-0.3, -0.25) is 9.69 Å². The molecule has 0 radical (unpaired) electrons. The molecule has 2 aliphatic rings. The molecule has 2 aliphatic heterocycles. The summed E-state index contributed by atoms with van der Waals surface area (Å²) >= 11 is 1.68. The number of carbonyl (C=O) groups is 1. The Bertz CT molecular complexity index is 1090. The second kappa shape index (κ2) is 7.25. The maximum atomic E-state index is 12.7. The van der Waals surface area contributed by atoms with E-state index in [4.69, 9.17) is 5.26 Å². The molecule has 2 fully saturated rings. The van der Waals surface area contributed by atoms with Crippen molar-refractivity contribution in [1.82, 2.24) is 9.88 Å². The first-order valence-corrected chi connectivity index (χ1v) is 10.9. The van der Waals surface area contributed by atoms with Gasteiger partial charge in [0.05, 0.1) is 27.4 Å². The standard InChI is InChI=1S/C23H22N4OS/c24-13-17-1-4-19(5-2-17)27-15-23(12-22(27)28)7-9-26(10-8-23)14-18-3-6-21-20(11-18)25-16-29-21/h1-6,11,16H,7-10,12,14-15H2. The van der Waals surface area contributed by atoms with Crippen molar-refractivity contribution in [2.75, 3.05) is 24.5 Å². The van der Waals surface area contributed by atoms with Crippen LogP contribution in [-0.4, -0.2) is 35.4 Å². The summed E-state index contributed by atoms with van der Waals surface area (Å²) in [5.74, 6) is 0.206. The normalized spacial score (nSPS) is 19.1. The lowest BCUT2D eigenvalue weighted by Gasteiger charge is -2.38. The number of likely N-dealkylation sites (tertiary alicyclic amines) is 1. The molecule has 0 unspecified atom stereocenters. The highest BCUT2D eigenvalue weighted by Crippen LogP contribution is 2.42. The zero-order chi connectivity index (χ0) is 19.8. The van der Waals surface area contributed by atoms with Crippen molar-refractivity contribution < 1.29 is 4.79 Å². The van der Waals surface area contributed by atoms with Crippen LogP contribution in [0.4, 0.5) is 5.69 Å². The third-order valence-corrected chi connectivity index (χ3v) is 7.16. The summed E-state index contributed by atoms with van der Waals surface area (Å²) in [5.41, 5.74) is 5.90. The van der Waals surface area contributed by atoms with Crippen molar-refractivity contribution in [3.63, 3.8) is 0 Å². The van der Waals surface area contributed by atoms with E-state index in [1.54, 1.807) is 23.5 Å². The van der Waals surface area contributed by atoms with Crippen LogP contribution >= 0.6 is 11.3 Å². The van der Waals surface area contributed by atoms with Crippen LogP contribution in [-0.2, 0) is 11.3 Å². The molecule has 3 aromatic rings. The topological polar surface area (TPSA) is 60.2 Å². The predicted molar refractivity (Wildman–Crippen MR) is 115 cm³/mol. The highest BCUT2D eigenvalue weighted by atomic mass is 32.1. The molecule has 146 valence electrons. The largest absolute Gasteiger partial charge is 0.312 e. The van der Waals surface area contributed by atoms with Gasteiger partial charge in [-0.15, -0.1) is 11.3 Å². The van der Waals surface area contributed by atoms with Crippen molar-refractivity contribution in [2.24, 2.45) is 5.41 Å². The average molecular weight is 403 g/mol. The van der Waals surface area contributed by atoms with Gasteiger partial charge in [0.15, 0.2) is 0 Å². The van der Waals surface area contributed by atoms with Crippen LogP contribution in [0, 0.1) is 16.7 Å². The van der Waals surface area contributed by atoms with E-state index in [0.717, 1.165) is 50.2 Å². The van der Waals surface area contributed by atoms with Gasteiger partial charge in [-0.1, -0.05) is 6.07 Å². The molecule has 0 aliphatic carbocycles. The number of aromatic nitrogens is 1. The highest BCUT2D eigenvalue weighted by Gasteiger charge is 2.45. The quantitative estimate of drug-likeness (QED) is 0.659. The van der Waals surface area contributed by atoms with Crippen LogP contribution in [0.2, 0.25) is 0 Å². The van der Waals surface area contributed by atoms with Crippen molar-refractivity contribution in [1.29, 1.82) is 5.26 Å². The number of anilines is 1. The van der Waals surface area contributed by atoms with Gasteiger partial charge in [0, 0.05) is 25.2 Å². The van der Waals surface area contributed by atoms with Crippen molar-refractivity contribution >= 4 is 33.1 Å². The fourth-order valence-corrected chi connectivity index (χ4v) is 5.29. The fourth-order valence-electron chi connectivity index (χ4n) is 4.63. The summed E-state index contributed by atoms with van der Waals surface area (Å²) < 4.78 is 1.23. The fraction of sp³-hybridized carbons (Fsp3) is 0.348. The molecule has 1 spiro atoms. The first kappa shape index (κ1) is 18.3. The Hall–Kier alpha value is -2.75. The summed E-state index contributed by atoms with van der Waals surface area (Å²) in [4.78, 5) is 21.5. The number of hydrogen-bond acceptors (Lipinski definition) is 5. The molecule has 5 nitrogen and oxygen atoms in total. The van der Waals surface area contributed by atoms with E-state index in [2.05, 4.69) is 34.2 Å². The minimum absolute atomic E-state index is 0.0837. The van der Waals surface area contributed by atoms with Crippen LogP contribution in [0.15, 0.2) is 48.0 Å². The van der Waals surface area contributed by atoms with E-state index >= 15 is 0 Å². The number of rotatable bonds is 3. The van der Waals surface area contributed by atoms with Crippen LogP contribution < -0.4 is 4.90 Å². The lowest BCUT2D eigenvalue weighted by molar-refractivity contribution is -0.118. The number of fused-ring (bicyclic) bond motifs is 1. The molecule has 0 N–H and O–H groups in total. The number of nitrogens with zero attached hydrogens (tertiary/aromatic N) is 4. The molecule has 0 bridgehead atoms. The molecule has 29 heavy (non-hydrogen) atoms. The van der Waals surface area contributed by atoms with Gasteiger partial charge in [0.2, 0.25) is 5.91 Å². The Morgan fingerprint density at radius 3 is 2.69 bits per heavy atom. The predicted octanol–water partition coefficient (Wildman–Crippen LogP) is 4.19. The van der Waals surface area contributed by atoms with Gasteiger partial charge in [0.25, 0.3) is 0 Å². The summed E-state index contributed by atoms with van der Waals surface area (Å²) in [6, 6.07) is 16.1. The van der Waals surface area contributed by atoms with Gasteiger partial charge >= 0.3 is 0 Å². The van der Waals surface area contributed by atoms with Crippen LogP contribution in [0.1, 0.15) is 30.4 Å². The third kappa shape index (κ3) is 3.52. The van der Waals surface area contributed by atoms with E-state index in [9.17, 15) is 4.79 Å². The lowest BCUT2D eigenvalue weighted by atomic mass is 9.77. The molecule has 1 amide bonds. The number of benzene rings is 2. The monoisotopic (exact) mass is 402 g/mol. The van der Waals surface area contributed by atoms with E-state index in [1.807, 2.05) is 22.5 Å². The Kier molecular flexibility index (Phi) is 4.57. The second-order valence-corrected chi connectivity index (χ2v) is 9.13. The van der Waals surface area contributed by atoms with Crippen molar-refractivity contribution in [3.05, 3.63) is 59.1 Å². The highest BCUT2D eigenvalue weighted by molar-refractivity contribution is 7.16. The molecule has 6 heteroatoms. The summed E-state index contributed by atoms with van der Waals surface area (Å²) in [6.07, 6.45) is 2.72. The minimum Gasteiger partial charge on any atom is -0.312 e. The maximum Gasteiger partial charge on any atom is 0.227 e. The Morgan fingerprint density at radius 2 is 1.93 bits per heavy atom. The summed E-state index contributed by atoms with van der Waals surface area (Å²) in [5, 5.41) is 8.98. The van der Waals surface area contributed by atoms with Gasteiger partial charge in [-0.05, 0) is 73.3 Å². The van der Waals surface area contributed by atoms with Crippen LogP contribution in [0.3, 0.4) is 0 Å². The zero-order valence-electron chi connectivity index (χ0n) is 16.2. The summed E-state index contributed by atoms with van der Waals surface area (Å²) in [6.45, 7) is 3.76. The van der Waals surface area contributed by atoms with E-state index in [-0.39, 0.29) is 11.3 Å². The number of nitriles is 1. The lowest BCUT2D eigenvalue weighted by Crippen LogP contribution is -2.41. The number of carbonyl (C=O) groups excluding carboxylic acids is 1. The second-order valence-electron chi connectivity index (χ2n) is 8.25. The zero-order valence-corrected chi connectivity index (χ0v) is 17.0. The molecule has 0 atom stereocenters. The summed E-state index contributed by atoms with van der Waals surface area (Å²) in [7, 11) is 0. The molecular weight excluding hydrogens is 380 g/mol. The molecule has 3 heterocycles. The Balaban J connectivity index is 1.23. The number of amides is 1. The van der Waals surface area contributed by atoms with Crippen LogP contribution in [0.5, 0.6) is 0 Å². The maximum absolute atomic E-state index is 12.7. The third-order valence-electron chi connectivity index (χ3n) is 6.35. The minimum atomic E-state index is 0.0837. The number of piperidine rings is 1. The van der Waals surface area contributed by atoms with Crippen molar-refractivity contribution in [3.8, 4) is 6.07 Å². The molecule has 0 saturated carbocycles. The van der Waals surface area contributed by atoms with Crippen molar-refractivity contribution in [2.45, 2.75) is 25.8 Å². The first-order valence-electron chi connectivity index (χ1n) is 9.99. The van der Waals surface area contributed by atoms with Gasteiger partial charge in [-0.2, -0.15) is 5.26 Å². The Labute approximate surface area is 174 Å². The van der Waals surface area contributed by atoms with Gasteiger partial charge in [0.1, 0.15) is 0 Å². The van der Waals surface area contributed by atoms with E-state index < -0.39 is 0 Å². The Morgan fingerprint density at radius 1 is 1.14 bits per heavy atom.